The Morgan fingerprint density at radius 3 is 1.53 bits per heavy atom. The second-order valence-corrected chi connectivity index (χ2v) is 8.52. The largest absolute Gasteiger partial charge is 0.489 e. The highest BCUT2D eigenvalue weighted by molar-refractivity contribution is 5.86. The van der Waals surface area contributed by atoms with Crippen molar-refractivity contribution in [2.45, 2.75) is 26.1 Å². The summed E-state index contributed by atoms with van der Waals surface area (Å²) in [6.45, 7) is 2.24. The Morgan fingerprint density at radius 1 is 0.611 bits per heavy atom. The summed E-state index contributed by atoms with van der Waals surface area (Å²) < 4.78 is 12.2. The van der Waals surface area contributed by atoms with Crippen molar-refractivity contribution in [3.63, 3.8) is 0 Å². The number of ether oxygens (including phenoxy) is 2. The van der Waals surface area contributed by atoms with Gasteiger partial charge in [-0.2, -0.15) is 0 Å². The van der Waals surface area contributed by atoms with E-state index in [0.29, 0.717) is 26.3 Å². The maximum atomic E-state index is 6.10. The van der Waals surface area contributed by atoms with Gasteiger partial charge >= 0.3 is 0 Å². The summed E-state index contributed by atoms with van der Waals surface area (Å²) >= 11 is 0. The van der Waals surface area contributed by atoms with E-state index in [1.165, 1.54) is 21.9 Å². The fraction of sp³-hybridized carbons (Fsp3) is 0.214. The molecule has 0 saturated carbocycles. The number of halogens is 2. The quantitative estimate of drug-likeness (QED) is 0.188. The molecule has 36 heavy (non-hydrogen) atoms. The lowest BCUT2D eigenvalue weighted by atomic mass is 10.1. The number of aromatic amines is 2. The smallest absolute Gasteiger partial charge is 0.120 e. The van der Waals surface area contributed by atoms with Gasteiger partial charge in [0.15, 0.2) is 0 Å². The van der Waals surface area contributed by atoms with Gasteiger partial charge < -0.3 is 30.9 Å². The number of nitrogens with one attached hydrogen (secondary N) is 2. The zero-order valence-electron chi connectivity index (χ0n) is 20.0. The van der Waals surface area contributed by atoms with Crippen LogP contribution in [0, 0.1) is 0 Å². The first-order chi connectivity index (χ1) is 16.7. The van der Waals surface area contributed by atoms with Crippen LogP contribution >= 0.6 is 24.8 Å². The Hall–Kier alpha value is -3.16. The molecule has 0 radical (unpaired) electrons. The molecular weight excluding hydrogens is 495 g/mol. The van der Waals surface area contributed by atoms with Gasteiger partial charge in [-0.3, -0.25) is 0 Å². The minimum absolute atomic E-state index is 0. The monoisotopic (exact) mass is 526 g/mol. The van der Waals surface area contributed by atoms with Crippen LogP contribution in [0.4, 0.5) is 0 Å². The van der Waals surface area contributed by atoms with Crippen LogP contribution in [0.3, 0.4) is 0 Å². The van der Waals surface area contributed by atoms with Gasteiger partial charge in [0.1, 0.15) is 24.7 Å². The predicted molar refractivity (Wildman–Crippen MR) is 152 cm³/mol. The molecule has 5 rings (SSSR count). The first-order valence-electron chi connectivity index (χ1n) is 11.7. The molecule has 0 fully saturated rings. The van der Waals surface area contributed by atoms with Crippen LogP contribution in [-0.4, -0.2) is 23.1 Å². The third kappa shape index (κ3) is 6.15. The topological polar surface area (TPSA) is 102 Å². The number of H-pyrrole nitrogens is 2. The molecule has 2 aromatic heterocycles. The van der Waals surface area contributed by atoms with Crippen LogP contribution in [-0.2, 0) is 26.1 Å². The molecule has 0 atom stereocenters. The predicted octanol–water partition coefficient (Wildman–Crippen LogP) is 5.65. The summed E-state index contributed by atoms with van der Waals surface area (Å²) in [5.41, 5.74) is 18.3. The van der Waals surface area contributed by atoms with E-state index in [-0.39, 0.29) is 24.8 Å². The normalized spacial score (nSPS) is 10.7. The van der Waals surface area contributed by atoms with Crippen LogP contribution in [0.5, 0.6) is 11.5 Å². The lowest BCUT2D eigenvalue weighted by Gasteiger charge is -2.10. The number of hydrogen-bond acceptors (Lipinski definition) is 4. The van der Waals surface area contributed by atoms with Crippen molar-refractivity contribution in [1.29, 1.82) is 0 Å². The van der Waals surface area contributed by atoms with E-state index in [1.54, 1.807) is 0 Å². The molecule has 5 aromatic rings. The minimum Gasteiger partial charge on any atom is -0.489 e. The number of hydrogen-bond donors (Lipinski definition) is 4. The first kappa shape index (κ1) is 27.4. The van der Waals surface area contributed by atoms with Crippen LogP contribution in [0.15, 0.2) is 73.1 Å². The highest BCUT2D eigenvalue weighted by atomic mass is 35.5. The summed E-state index contributed by atoms with van der Waals surface area (Å²) in [6.07, 6.45) is 5.74. The molecule has 0 saturated heterocycles. The average molecular weight is 527 g/mol. The minimum atomic E-state index is 0. The Morgan fingerprint density at radius 2 is 1.08 bits per heavy atom. The average Bonchev–Trinajstić information content (AvgIpc) is 3.46. The molecule has 0 aliphatic heterocycles. The number of rotatable bonds is 10. The van der Waals surface area contributed by atoms with E-state index in [2.05, 4.69) is 52.4 Å². The highest BCUT2D eigenvalue weighted by Crippen LogP contribution is 2.26. The van der Waals surface area contributed by atoms with Gasteiger partial charge in [0.25, 0.3) is 0 Å². The fourth-order valence-corrected chi connectivity index (χ4v) is 4.36. The van der Waals surface area contributed by atoms with Crippen molar-refractivity contribution in [2.75, 3.05) is 13.1 Å². The molecule has 0 spiro atoms. The summed E-state index contributed by atoms with van der Waals surface area (Å²) in [6, 6.07) is 20.6. The Balaban J connectivity index is 0.00000180. The summed E-state index contributed by atoms with van der Waals surface area (Å²) in [4.78, 5) is 6.59. The lowest BCUT2D eigenvalue weighted by molar-refractivity contribution is 0.300. The zero-order valence-corrected chi connectivity index (χ0v) is 21.6. The molecule has 190 valence electrons. The van der Waals surface area contributed by atoms with E-state index in [4.69, 9.17) is 20.9 Å². The molecule has 6 N–H and O–H groups in total. The molecule has 6 nitrogen and oxygen atoms in total. The Labute approximate surface area is 223 Å². The van der Waals surface area contributed by atoms with Crippen molar-refractivity contribution < 1.29 is 9.47 Å². The van der Waals surface area contributed by atoms with Gasteiger partial charge in [-0.25, -0.2) is 0 Å². The van der Waals surface area contributed by atoms with Crippen LogP contribution in [0.25, 0.3) is 21.8 Å². The van der Waals surface area contributed by atoms with Gasteiger partial charge in [0.2, 0.25) is 0 Å². The van der Waals surface area contributed by atoms with Crippen LogP contribution in [0.2, 0.25) is 0 Å². The van der Waals surface area contributed by atoms with E-state index < -0.39 is 0 Å². The van der Waals surface area contributed by atoms with Crippen molar-refractivity contribution in [3.05, 3.63) is 95.3 Å². The summed E-state index contributed by atoms with van der Waals surface area (Å²) in [7, 11) is 0. The maximum Gasteiger partial charge on any atom is 0.120 e. The van der Waals surface area contributed by atoms with Gasteiger partial charge in [-0.1, -0.05) is 18.2 Å². The molecule has 2 heterocycles. The molecule has 0 aliphatic carbocycles. The van der Waals surface area contributed by atoms with E-state index >= 15 is 0 Å². The van der Waals surface area contributed by atoms with E-state index in [0.717, 1.165) is 46.5 Å². The number of benzene rings is 3. The molecule has 0 aliphatic rings. The standard InChI is InChI=1S/C28H30N4O2.2ClH/c29-10-8-21-15-31-27-6-4-23(13-25(21)27)33-17-19-2-1-3-20(12-19)18-34-24-5-7-28-26(14-24)22(9-11-30)16-32-28;;/h1-7,12-16,31-32H,8-11,17-18,29-30H2;2*1H. The third-order valence-electron chi connectivity index (χ3n) is 6.11. The van der Waals surface area contributed by atoms with Crippen LogP contribution < -0.4 is 20.9 Å². The Kier molecular flexibility index (Phi) is 9.67. The van der Waals surface area contributed by atoms with Crippen molar-refractivity contribution in [3.8, 4) is 11.5 Å². The number of nitrogens with two attached hydrogens (primary N) is 2. The van der Waals surface area contributed by atoms with Gasteiger partial charge in [-0.05, 0) is 90.6 Å². The molecule has 0 unspecified atom stereocenters. The first-order valence-corrected chi connectivity index (χ1v) is 11.7. The maximum absolute atomic E-state index is 6.10. The third-order valence-corrected chi connectivity index (χ3v) is 6.11. The van der Waals surface area contributed by atoms with Gasteiger partial charge in [0.05, 0.1) is 0 Å². The second kappa shape index (κ2) is 12.7. The zero-order chi connectivity index (χ0) is 23.3. The molecule has 8 heteroatoms. The van der Waals surface area contributed by atoms with Gasteiger partial charge in [-0.15, -0.1) is 24.8 Å². The summed E-state index contributed by atoms with van der Waals surface area (Å²) in [5.74, 6) is 1.69. The van der Waals surface area contributed by atoms with E-state index in [1.807, 2.05) is 30.6 Å². The second-order valence-electron chi connectivity index (χ2n) is 8.52. The van der Waals surface area contributed by atoms with Gasteiger partial charge in [0, 0.05) is 34.2 Å². The van der Waals surface area contributed by atoms with Crippen molar-refractivity contribution >= 4 is 46.6 Å². The molecule has 0 bridgehead atoms. The van der Waals surface area contributed by atoms with Crippen molar-refractivity contribution in [2.24, 2.45) is 11.5 Å². The lowest BCUT2D eigenvalue weighted by Crippen LogP contribution is -2.02. The fourth-order valence-electron chi connectivity index (χ4n) is 4.36. The molecule has 3 aromatic carbocycles. The number of fused-ring (bicyclic) bond motifs is 2. The SMILES string of the molecule is Cl.Cl.NCCc1c[nH]c2ccc(OCc3cccc(COc4ccc5[nH]cc(CCN)c5c4)c3)cc12. The van der Waals surface area contributed by atoms with Crippen LogP contribution in [0.1, 0.15) is 22.3 Å². The van der Waals surface area contributed by atoms with E-state index in [9.17, 15) is 0 Å². The molecule has 0 amide bonds. The van der Waals surface area contributed by atoms with Crippen molar-refractivity contribution in [1.82, 2.24) is 9.97 Å². The molecular formula is C28H32Cl2N4O2. The summed E-state index contributed by atoms with van der Waals surface area (Å²) in [5, 5.41) is 2.33. The Bertz CT molecular complexity index is 1310. The number of aromatic nitrogens is 2. The highest BCUT2D eigenvalue weighted by Gasteiger charge is 2.07.